The average molecular weight is 430 g/mol. The van der Waals surface area contributed by atoms with Crippen LogP contribution in [0.25, 0.3) is 0 Å². The van der Waals surface area contributed by atoms with Crippen LogP contribution in [-0.2, 0) is 0 Å². The van der Waals surface area contributed by atoms with Gasteiger partial charge >= 0.3 is 0 Å². The number of hydrogen-bond acceptors (Lipinski definition) is 3. The molecule has 0 radical (unpaired) electrons. The molecule has 1 aliphatic heterocycles. The van der Waals surface area contributed by atoms with Gasteiger partial charge < -0.3 is 15.7 Å². The largest absolute Gasteiger partial charge is 0.386 e. The molecule has 1 saturated heterocycles. The molecule has 1 atom stereocenters. The Labute approximate surface area is 146 Å². The van der Waals surface area contributed by atoms with E-state index in [1.54, 1.807) is 6.07 Å². The Bertz CT molecular complexity index is 433. The van der Waals surface area contributed by atoms with Crippen LogP contribution in [0.2, 0.25) is 4.34 Å². The van der Waals surface area contributed by atoms with Crippen molar-refractivity contribution in [3.8, 4) is 0 Å². The summed E-state index contributed by atoms with van der Waals surface area (Å²) >= 11 is 7.22. The van der Waals surface area contributed by atoms with Gasteiger partial charge in [-0.2, -0.15) is 0 Å². The Balaban J connectivity index is 0.00000200. The molecule has 0 spiro atoms. The van der Waals surface area contributed by atoms with E-state index in [9.17, 15) is 5.11 Å². The van der Waals surface area contributed by atoms with Gasteiger partial charge in [0.15, 0.2) is 5.96 Å². The third-order valence-electron chi connectivity index (χ3n) is 3.28. The molecule has 2 heterocycles. The number of halogens is 2. The van der Waals surface area contributed by atoms with Crippen molar-refractivity contribution in [2.75, 3.05) is 19.6 Å². The van der Waals surface area contributed by atoms with Gasteiger partial charge in [-0.1, -0.05) is 24.4 Å². The van der Waals surface area contributed by atoms with Gasteiger partial charge in [0, 0.05) is 18.0 Å². The summed E-state index contributed by atoms with van der Waals surface area (Å²) in [6.45, 7) is 2.23. The van der Waals surface area contributed by atoms with Crippen molar-refractivity contribution in [3.63, 3.8) is 0 Å². The number of rotatable bonds is 3. The summed E-state index contributed by atoms with van der Waals surface area (Å²) in [4.78, 5) is 7.25. The third kappa shape index (κ3) is 5.38. The number of hydrogen-bond donors (Lipinski definition) is 2. The molecule has 3 N–H and O–H groups in total. The third-order valence-corrected chi connectivity index (χ3v) is 4.61. The highest BCUT2D eigenvalue weighted by Gasteiger charge is 2.13. The van der Waals surface area contributed by atoms with E-state index in [1.165, 1.54) is 37.0 Å². The van der Waals surface area contributed by atoms with Gasteiger partial charge in [-0.25, -0.2) is 0 Å². The van der Waals surface area contributed by atoms with Crippen molar-refractivity contribution in [2.24, 2.45) is 10.7 Å². The maximum absolute atomic E-state index is 10.0. The highest BCUT2D eigenvalue weighted by atomic mass is 127. The summed E-state index contributed by atoms with van der Waals surface area (Å²) in [6.07, 6.45) is 4.24. The van der Waals surface area contributed by atoms with Crippen LogP contribution in [0.1, 0.15) is 36.7 Å². The Morgan fingerprint density at radius 2 is 2.00 bits per heavy atom. The first-order valence-corrected chi connectivity index (χ1v) is 7.84. The molecule has 4 nitrogen and oxygen atoms in total. The van der Waals surface area contributed by atoms with Crippen LogP contribution in [0.4, 0.5) is 0 Å². The minimum absolute atomic E-state index is 0. The Morgan fingerprint density at radius 1 is 1.35 bits per heavy atom. The highest BCUT2D eigenvalue weighted by Crippen LogP contribution is 2.26. The lowest BCUT2D eigenvalue weighted by Crippen LogP contribution is -2.38. The lowest BCUT2D eigenvalue weighted by atomic mass is 10.2. The molecule has 1 aliphatic rings. The monoisotopic (exact) mass is 429 g/mol. The zero-order valence-corrected chi connectivity index (χ0v) is 15.2. The zero-order valence-electron chi connectivity index (χ0n) is 11.3. The van der Waals surface area contributed by atoms with E-state index in [-0.39, 0.29) is 24.0 Å². The molecule has 1 unspecified atom stereocenters. The van der Waals surface area contributed by atoms with Gasteiger partial charge in [0.2, 0.25) is 0 Å². The van der Waals surface area contributed by atoms with Crippen molar-refractivity contribution in [2.45, 2.75) is 31.8 Å². The predicted molar refractivity (Wildman–Crippen MR) is 96.2 cm³/mol. The topological polar surface area (TPSA) is 61.9 Å². The van der Waals surface area contributed by atoms with Crippen molar-refractivity contribution in [1.29, 1.82) is 0 Å². The minimum Gasteiger partial charge on any atom is -0.386 e. The smallest absolute Gasteiger partial charge is 0.191 e. The van der Waals surface area contributed by atoms with Crippen LogP contribution in [0.5, 0.6) is 0 Å². The van der Waals surface area contributed by atoms with Crippen molar-refractivity contribution >= 4 is 52.9 Å². The minimum atomic E-state index is -0.622. The number of guanidine groups is 1. The number of nitrogens with two attached hydrogens (primary N) is 1. The molecule has 0 amide bonds. The molecule has 7 heteroatoms. The summed E-state index contributed by atoms with van der Waals surface area (Å²) in [5.74, 6) is 0.545. The lowest BCUT2D eigenvalue weighted by Gasteiger charge is -2.21. The molecule has 0 aliphatic carbocycles. The maximum Gasteiger partial charge on any atom is 0.191 e. The molecule has 1 aromatic rings. The van der Waals surface area contributed by atoms with Crippen molar-refractivity contribution in [3.05, 3.63) is 21.3 Å². The maximum atomic E-state index is 10.0. The fraction of sp³-hybridized carbons (Fsp3) is 0.615. The van der Waals surface area contributed by atoms with E-state index in [1.807, 2.05) is 6.07 Å². The lowest BCUT2D eigenvalue weighted by molar-refractivity contribution is 0.190. The van der Waals surface area contributed by atoms with E-state index in [2.05, 4.69) is 9.89 Å². The number of nitrogens with zero attached hydrogens (tertiary/aromatic N) is 2. The fourth-order valence-electron chi connectivity index (χ4n) is 2.18. The summed E-state index contributed by atoms with van der Waals surface area (Å²) in [5.41, 5.74) is 5.99. The summed E-state index contributed by atoms with van der Waals surface area (Å²) < 4.78 is 0.679. The first kappa shape index (κ1) is 18.0. The first-order valence-electron chi connectivity index (χ1n) is 6.65. The molecule has 1 aromatic heterocycles. The van der Waals surface area contributed by atoms with Gasteiger partial charge in [0.25, 0.3) is 0 Å². The second kappa shape index (κ2) is 9.07. The van der Waals surface area contributed by atoms with E-state index >= 15 is 0 Å². The highest BCUT2D eigenvalue weighted by molar-refractivity contribution is 14.0. The molecule has 114 valence electrons. The molecule has 20 heavy (non-hydrogen) atoms. The van der Waals surface area contributed by atoms with Gasteiger partial charge in [0.1, 0.15) is 6.10 Å². The van der Waals surface area contributed by atoms with Crippen molar-refractivity contribution in [1.82, 2.24) is 4.90 Å². The number of aliphatic imine (C=N–C) groups is 1. The van der Waals surface area contributed by atoms with E-state index in [0.717, 1.165) is 18.0 Å². The zero-order chi connectivity index (χ0) is 13.7. The van der Waals surface area contributed by atoms with Crippen LogP contribution >= 0.6 is 46.9 Å². The Morgan fingerprint density at radius 3 is 2.55 bits per heavy atom. The normalized spacial score (nSPS) is 18.3. The second-order valence-corrected chi connectivity index (χ2v) is 6.50. The van der Waals surface area contributed by atoms with Crippen molar-refractivity contribution < 1.29 is 5.11 Å². The standard InChI is InChI=1S/C13H20ClN3OS.HI/c14-12-6-5-11(19-12)10(18)9-16-13(15)17-7-3-1-2-4-8-17;/h5-6,10,18H,1-4,7-9H2,(H2,15,16);1H. The summed E-state index contributed by atoms with van der Waals surface area (Å²) in [5, 5.41) is 10.0. The van der Waals surface area contributed by atoms with Crippen LogP contribution in [0.15, 0.2) is 17.1 Å². The molecule has 0 saturated carbocycles. The van der Waals surface area contributed by atoms with Crippen LogP contribution in [0.3, 0.4) is 0 Å². The van der Waals surface area contributed by atoms with Crippen LogP contribution in [0, 0.1) is 0 Å². The van der Waals surface area contributed by atoms with Crippen LogP contribution < -0.4 is 5.73 Å². The van der Waals surface area contributed by atoms with Gasteiger partial charge in [-0.05, 0) is 25.0 Å². The Hall–Kier alpha value is -0.0500. The fourth-order valence-corrected chi connectivity index (χ4v) is 3.22. The quantitative estimate of drug-likeness (QED) is 0.440. The predicted octanol–water partition coefficient (Wildman–Crippen LogP) is 3.24. The first-order chi connectivity index (χ1) is 9.16. The Kier molecular flexibility index (Phi) is 8.16. The number of likely N-dealkylation sites (tertiary alicyclic amines) is 1. The number of aliphatic hydroxyl groups is 1. The van der Waals surface area contributed by atoms with Crippen LogP contribution in [-0.4, -0.2) is 35.6 Å². The van der Waals surface area contributed by atoms with E-state index < -0.39 is 6.10 Å². The number of aliphatic hydroxyl groups excluding tert-OH is 1. The SMILES string of the molecule is I.NC(=NCC(O)c1ccc(Cl)s1)N1CCCCCC1. The van der Waals surface area contributed by atoms with E-state index in [4.69, 9.17) is 17.3 Å². The van der Waals surface area contributed by atoms with Gasteiger partial charge in [-0.15, -0.1) is 35.3 Å². The van der Waals surface area contributed by atoms with Gasteiger partial charge in [0.05, 0.1) is 10.9 Å². The number of thiophene rings is 1. The second-order valence-electron chi connectivity index (χ2n) is 4.76. The molecule has 0 aromatic carbocycles. The average Bonchev–Trinajstić information content (AvgIpc) is 2.68. The molecule has 1 fully saturated rings. The summed E-state index contributed by atoms with van der Waals surface area (Å²) in [7, 11) is 0. The molecule has 2 rings (SSSR count). The van der Waals surface area contributed by atoms with E-state index in [0.29, 0.717) is 16.8 Å². The molecular formula is C13H21ClIN3OS. The molecule has 0 bridgehead atoms. The summed E-state index contributed by atoms with van der Waals surface area (Å²) in [6, 6.07) is 3.61. The van der Waals surface area contributed by atoms with Gasteiger partial charge in [-0.3, -0.25) is 4.99 Å². The molecular weight excluding hydrogens is 409 g/mol.